The first-order chi connectivity index (χ1) is 7.83. The highest BCUT2D eigenvalue weighted by atomic mass is 79.9. The Bertz CT molecular complexity index is 267. The van der Waals surface area contributed by atoms with Crippen LogP contribution in [0.4, 0.5) is 4.79 Å². The van der Waals surface area contributed by atoms with E-state index in [1.807, 2.05) is 20.8 Å². The second-order valence-electron chi connectivity index (χ2n) is 5.06. The fourth-order valence-corrected chi connectivity index (χ4v) is 1.92. The molecular weight excluding hydrogens is 290 g/mol. The molecule has 1 N–H and O–H groups in total. The maximum Gasteiger partial charge on any atom is 0.410 e. The van der Waals surface area contributed by atoms with E-state index in [-0.39, 0.29) is 12.2 Å². The van der Waals surface area contributed by atoms with Gasteiger partial charge in [0.1, 0.15) is 11.7 Å². The summed E-state index contributed by atoms with van der Waals surface area (Å²) in [4.78, 5) is 13.4. The topological polar surface area (TPSA) is 59.0 Å². The van der Waals surface area contributed by atoms with E-state index in [4.69, 9.17) is 9.47 Å². The van der Waals surface area contributed by atoms with Gasteiger partial charge in [-0.25, -0.2) is 4.79 Å². The highest BCUT2D eigenvalue weighted by Gasteiger charge is 2.31. The Balaban J connectivity index is 2.52. The van der Waals surface area contributed by atoms with Crippen LogP contribution in [0.1, 0.15) is 20.8 Å². The lowest BCUT2D eigenvalue weighted by Crippen LogP contribution is -2.51. The normalized spacial score (nSPS) is 23.4. The van der Waals surface area contributed by atoms with Crippen LogP contribution in [0.3, 0.4) is 0 Å². The van der Waals surface area contributed by atoms with Crippen molar-refractivity contribution in [3.05, 3.63) is 0 Å². The Hall–Kier alpha value is -0.330. The van der Waals surface area contributed by atoms with Crippen molar-refractivity contribution in [1.29, 1.82) is 0 Å². The highest BCUT2D eigenvalue weighted by molar-refractivity contribution is 9.09. The molecule has 1 aliphatic rings. The van der Waals surface area contributed by atoms with Crippen LogP contribution < -0.4 is 0 Å². The average Bonchev–Trinajstić information content (AvgIpc) is 2.26. The second-order valence-corrected chi connectivity index (χ2v) is 5.70. The summed E-state index contributed by atoms with van der Waals surface area (Å²) in [7, 11) is 0. The molecule has 0 aromatic rings. The van der Waals surface area contributed by atoms with Crippen LogP contribution in [0, 0.1) is 0 Å². The van der Waals surface area contributed by atoms with Crippen molar-refractivity contribution in [1.82, 2.24) is 4.90 Å². The summed E-state index contributed by atoms with van der Waals surface area (Å²) in [5, 5.41) is 10.1. The zero-order valence-electron chi connectivity index (χ0n) is 10.5. The predicted molar refractivity (Wildman–Crippen MR) is 67.3 cm³/mol. The van der Waals surface area contributed by atoms with Crippen molar-refractivity contribution in [2.75, 3.05) is 25.0 Å². The van der Waals surface area contributed by atoms with Crippen LogP contribution in [-0.2, 0) is 9.47 Å². The summed E-state index contributed by atoms with van der Waals surface area (Å²) in [5.41, 5.74) is -0.501. The van der Waals surface area contributed by atoms with Crippen LogP contribution in [0.2, 0.25) is 0 Å². The number of rotatable bonds is 2. The largest absolute Gasteiger partial charge is 0.444 e. The summed E-state index contributed by atoms with van der Waals surface area (Å²) in [6, 6.07) is 0. The highest BCUT2D eigenvalue weighted by Crippen LogP contribution is 2.15. The van der Waals surface area contributed by atoms with Gasteiger partial charge < -0.3 is 19.5 Å². The van der Waals surface area contributed by atoms with E-state index in [0.29, 0.717) is 25.0 Å². The molecule has 2 atom stereocenters. The molecule has 1 fully saturated rings. The van der Waals surface area contributed by atoms with Crippen molar-refractivity contribution in [3.63, 3.8) is 0 Å². The van der Waals surface area contributed by atoms with E-state index in [9.17, 15) is 9.90 Å². The van der Waals surface area contributed by atoms with Gasteiger partial charge in [0.25, 0.3) is 0 Å². The van der Waals surface area contributed by atoms with Gasteiger partial charge in [-0.1, -0.05) is 15.9 Å². The summed E-state index contributed by atoms with van der Waals surface area (Å²) >= 11 is 3.19. The van der Waals surface area contributed by atoms with Crippen LogP contribution in [0.15, 0.2) is 0 Å². The molecule has 0 aromatic heterocycles. The molecule has 0 aromatic carbocycles. The smallest absolute Gasteiger partial charge is 0.410 e. The van der Waals surface area contributed by atoms with E-state index >= 15 is 0 Å². The van der Waals surface area contributed by atoms with Gasteiger partial charge in [0.2, 0.25) is 0 Å². The predicted octanol–water partition coefficient (Wildman–Crippen LogP) is 1.38. The monoisotopic (exact) mass is 309 g/mol. The van der Waals surface area contributed by atoms with Crippen molar-refractivity contribution in [2.24, 2.45) is 0 Å². The Kier molecular flexibility index (Phi) is 5.22. The number of carbonyl (C=O) groups excluding carboxylic acids is 1. The zero-order chi connectivity index (χ0) is 13.1. The lowest BCUT2D eigenvalue weighted by molar-refractivity contribution is -0.0826. The number of hydrogen-bond donors (Lipinski definition) is 1. The Labute approximate surface area is 110 Å². The van der Waals surface area contributed by atoms with Gasteiger partial charge in [-0.05, 0) is 20.8 Å². The second kappa shape index (κ2) is 6.02. The first-order valence-electron chi connectivity index (χ1n) is 5.67. The molecule has 0 spiro atoms. The van der Waals surface area contributed by atoms with E-state index in [0.717, 1.165) is 0 Å². The van der Waals surface area contributed by atoms with E-state index < -0.39 is 11.7 Å². The van der Waals surface area contributed by atoms with E-state index in [1.54, 1.807) is 4.90 Å². The molecule has 6 heteroatoms. The van der Waals surface area contributed by atoms with Crippen molar-refractivity contribution in [2.45, 2.75) is 38.6 Å². The molecule has 0 bridgehead atoms. The van der Waals surface area contributed by atoms with E-state index in [2.05, 4.69) is 15.9 Å². The third-order valence-electron chi connectivity index (χ3n) is 2.33. The molecule has 1 amide bonds. The first kappa shape index (κ1) is 14.7. The molecule has 1 aliphatic heterocycles. The number of amides is 1. The third kappa shape index (κ3) is 4.81. The minimum Gasteiger partial charge on any atom is -0.444 e. The van der Waals surface area contributed by atoms with Crippen molar-refractivity contribution < 1.29 is 19.4 Å². The number of ether oxygens (including phenoxy) is 2. The molecule has 1 heterocycles. The van der Waals surface area contributed by atoms with Crippen LogP contribution in [-0.4, -0.2) is 58.9 Å². The summed E-state index contributed by atoms with van der Waals surface area (Å²) in [6.07, 6.45) is -1.32. The maximum atomic E-state index is 11.8. The zero-order valence-corrected chi connectivity index (χ0v) is 12.1. The van der Waals surface area contributed by atoms with Crippen LogP contribution in [0.5, 0.6) is 0 Å². The number of carbonyl (C=O) groups is 1. The molecule has 2 unspecified atom stereocenters. The molecule has 0 radical (unpaired) electrons. The van der Waals surface area contributed by atoms with Crippen molar-refractivity contribution in [3.8, 4) is 0 Å². The Morgan fingerprint density at radius 2 is 2.29 bits per heavy atom. The number of aliphatic hydroxyl groups excluding tert-OH is 1. The fourth-order valence-electron chi connectivity index (χ4n) is 1.50. The average molecular weight is 310 g/mol. The van der Waals surface area contributed by atoms with Gasteiger partial charge in [-0.15, -0.1) is 0 Å². The quantitative estimate of drug-likeness (QED) is 0.783. The molecule has 0 saturated carbocycles. The number of morpholine rings is 1. The SMILES string of the molecule is CC(C)(C)OC(=O)N1CCOC(C(O)CBr)C1. The fraction of sp³-hybridized carbons (Fsp3) is 0.909. The molecule has 0 aliphatic carbocycles. The first-order valence-corrected chi connectivity index (χ1v) is 6.79. The number of aliphatic hydroxyl groups is 1. The number of halogens is 1. The van der Waals surface area contributed by atoms with Gasteiger partial charge in [0.05, 0.1) is 19.3 Å². The molecule has 5 nitrogen and oxygen atoms in total. The summed E-state index contributed by atoms with van der Waals surface area (Å²) in [6.45, 7) is 6.78. The lowest BCUT2D eigenvalue weighted by atomic mass is 10.2. The Morgan fingerprint density at radius 3 is 2.82 bits per heavy atom. The Morgan fingerprint density at radius 1 is 1.65 bits per heavy atom. The van der Waals surface area contributed by atoms with Gasteiger partial charge in [0, 0.05) is 11.9 Å². The lowest BCUT2D eigenvalue weighted by Gasteiger charge is -2.35. The maximum absolute atomic E-state index is 11.8. The molecule has 1 rings (SSSR count). The van der Waals surface area contributed by atoms with Gasteiger partial charge >= 0.3 is 6.09 Å². The molecule has 100 valence electrons. The molecule has 1 saturated heterocycles. The van der Waals surface area contributed by atoms with Gasteiger partial charge in [0.15, 0.2) is 0 Å². The van der Waals surface area contributed by atoms with Gasteiger partial charge in [-0.2, -0.15) is 0 Å². The molecule has 17 heavy (non-hydrogen) atoms. The van der Waals surface area contributed by atoms with Gasteiger partial charge in [-0.3, -0.25) is 0 Å². The molecular formula is C11H20BrNO4. The van der Waals surface area contributed by atoms with Crippen molar-refractivity contribution >= 4 is 22.0 Å². The minimum atomic E-state index is -0.611. The van der Waals surface area contributed by atoms with Crippen LogP contribution in [0.25, 0.3) is 0 Å². The number of nitrogens with zero attached hydrogens (tertiary/aromatic N) is 1. The van der Waals surface area contributed by atoms with Crippen LogP contribution >= 0.6 is 15.9 Å². The number of hydrogen-bond acceptors (Lipinski definition) is 4. The standard InChI is InChI=1S/C11H20BrNO4/c1-11(2,3)17-10(15)13-4-5-16-9(7-13)8(14)6-12/h8-9,14H,4-7H2,1-3H3. The number of alkyl halides is 1. The minimum absolute atomic E-state index is 0.351. The summed E-state index contributed by atoms with van der Waals surface area (Å²) in [5.74, 6) is 0. The summed E-state index contributed by atoms with van der Waals surface area (Å²) < 4.78 is 10.7. The van der Waals surface area contributed by atoms with E-state index in [1.165, 1.54) is 0 Å². The third-order valence-corrected chi connectivity index (χ3v) is 3.00.